The van der Waals surface area contributed by atoms with Crippen molar-refractivity contribution in [2.75, 3.05) is 11.5 Å². The zero-order valence-electron chi connectivity index (χ0n) is 15.8. The molecule has 1 aliphatic heterocycles. The lowest BCUT2D eigenvalue weighted by molar-refractivity contribution is -0.384. The van der Waals surface area contributed by atoms with Gasteiger partial charge >= 0.3 is 0 Å². The molecule has 7 nitrogen and oxygen atoms in total. The number of hydrogen-bond acceptors (Lipinski definition) is 6. The molecule has 0 N–H and O–H groups in total. The van der Waals surface area contributed by atoms with Crippen molar-refractivity contribution in [1.29, 1.82) is 0 Å². The van der Waals surface area contributed by atoms with Gasteiger partial charge in [-0.15, -0.1) is 11.3 Å². The normalized spacial score (nSPS) is 13.1. The van der Waals surface area contributed by atoms with Crippen molar-refractivity contribution < 1.29 is 14.5 Å². The van der Waals surface area contributed by atoms with E-state index in [2.05, 4.69) is 11.9 Å². The number of benzene rings is 2. The maximum absolute atomic E-state index is 12.6. The predicted molar refractivity (Wildman–Crippen MR) is 111 cm³/mol. The number of fused-ring (bicyclic) bond motifs is 1. The van der Waals surface area contributed by atoms with Crippen LogP contribution in [0.2, 0.25) is 0 Å². The Kier molecular flexibility index (Phi) is 5.26. The Hall–Kier alpha value is -3.26. The van der Waals surface area contributed by atoms with Crippen molar-refractivity contribution in [2.24, 2.45) is 0 Å². The smallest absolute Gasteiger partial charge is 0.269 e. The number of aromatic nitrogens is 1. The Bertz CT molecular complexity index is 1060. The monoisotopic (exact) mass is 409 g/mol. The number of aryl methyl sites for hydroxylation is 1. The lowest BCUT2D eigenvalue weighted by atomic mass is 10.1. The number of rotatable bonds is 6. The summed E-state index contributed by atoms with van der Waals surface area (Å²) in [7, 11) is 0. The fourth-order valence-corrected chi connectivity index (χ4v) is 4.12. The quantitative estimate of drug-likeness (QED) is 0.439. The van der Waals surface area contributed by atoms with Crippen molar-refractivity contribution >= 4 is 28.6 Å². The average molecular weight is 409 g/mol. The highest BCUT2D eigenvalue weighted by molar-refractivity contribution is 7.09. The fourth-order valence-electron chi connectivity index (χ4n) is 3.21. The average Bonchev–Trinajstić information content (AvgIpc) is 3.19. The highest BCUT2D eigenvalue weighted by Crippen LogP contribution is 2.37. The van der Waals surface area contributed by atoms with E-state index in [9.17, 15) is 14.9 Å². The number of nitro benzene ring substituents is 1. The summed E-state index contributed by atoms with van der Waals surface area (Å²) >= 11 is 1.64. The molecule has 0 radical (unpaired) electrons. The summed E-state index contributed by atoms with van der Waals surface area (Å²) < 4.78 is 5.59. The van der Waals surface area contributed by atoms with Crippen LogP contribution < -0.4 is 9.64 Å². The number of amides is 1. The van der Waals surface area contributed by atoms with Gasteiger partial charge in [-0.2, -0.15) is 0 Å². The maximum atomic E-state index is 12.6. The van der Waals surface area contributed by atoms with Crippen molar-refractivity contribution in [3.8, 4) is 17.0 Å². The van der Waals surface area contributed by atoms with Gasteiger partial charge in [0.15, 0.2) is 6.61 Å². The number of nitrogens with zero attached hydrogens (tertiary/aromatic N) is 3. The summed E-state index contributed by atoms with van der Waals surface area (Å²) in [6.07, 6.45) is 1.99. The number of nitro groups is 1. The number of carbonyl (C=O) groups is 1. The van der Waals surface area contributed by atoms with Gasteiger partial charge in [-0.1, -0.05) is 19.1 Å². The summed E-state index contributed by atoms with van der Waals surface area (Å²) in [4.78, 5) is 29.3. The van der Waals surface area contributed by atoms with Gasteiger partial charge in [-0.25, -0.2) is 4.98 Å². The van der Waals surface area contributed by atoms with Gasteiger partial charge in [-0.05, 0) is 36.6 Å². The van der Waals surface area contributed by atoms with E-state index in [1.807, 2.05) is 23.6 Å². The molecule has 0 fully saturated rings. The Morgan fingerprint density at radius 1 is 1.24 bits per heavy atom. The molecule has 1 aromatic heterocycles. The van der Waals surface area contributed by atoms with Gasteiger partial charge in [0.25, 0.3) is 11.6 Å². The van der Waals surface area contributed by atoms with Crippen LogP contribution in [-0.2, 0) is 17.8 Å². The molecule has 8 heteroatoms. The SMILES string of the molecule is CCCc1nc(-c2ccc3c(c2)N(Cc2ccc([N+](=O)[O-])cc2)C(=O)CO3)cs1. The second kappa shape index (κ2) is 8.00. The summed E-state index contributed by atoms with van der Waals surface area (Å²) in [5.74, 6) is 0.484. The molecule has 148 valence electrons. The molecule has 0 spiro atoms. The molecule has 0 saturated carbocycles. The molecule has 0 unspecified atom stereocenters. The van der Waals surface area contributed by atoms with E-state index in [0.717, 1.165) is 34.7 Å². The minimum Gasteiger partial charge on any atom is -0.482 e. The van der Waals surface area contributed by atoms with E-state index in [0.29, 0.717) is 18.0 Å². The van der Waals surface area contributed by atoms with E-state index in [1.54, 1.807) is 28.4 Å². The van der Waals surface area contributed by atoms with Crippen molar-refractivity contribution in [1.82, 2.24) is 4.98 Å². The number of non-ortho nitro benzene ring substituents is 1. The van der Waals surface area contributed by atoms with Gasteiger partial charge in [0, 0.05) is 23.1 Å². The number of anilines is 1. The van der Waals surface area contributed by atoms with Crippen LogP contribution in [0.3, 0.4) is 0 Å². The molecule has 0 bridgehead atoms. The van der Waals surface area contributed by atoms with Crippen LogP contribution in [-0.4, -0.2) is 22.4 Å². The Balaban J connectivity index is 1.64. The first-order valence-corrected chi connectivity index (χ1v) is 10.2. The molecule has 1 aliphatic rings. The maximum Gasteiger partial charge on any atom is 0.269 e. The fraction of sp³-hybridized carbons (Fsp3) is 0.238. The van der Waals surface area contributed by atoms with E-state index >= 15 is 0 Å². The summed E-state index contributed by atoms with van der Waals surface area (Å²) in [6.45, 7) is 2.41. The Labute approximate surface area is 171 Å². The first-order valence-electron chi connectivity index (χ1n) is 9.30. The minimum absolute atomic E-state index is 0.0242. The van der Waals surface area contributed by atoms with Crippen molar-refractivity contribution in [3.05, 3.63) is 68.5 Å². The van der Waals surface area contributed by atoms with Crippen molar-refractivity contribution in [3.63, 3.8) is 0 Å². The van der Waals surface area contributed by atoms with Gasteiger partial charge < -0.3 is 9.64 Å². The van der Waals surface area contributed by atoms with Crippen LogP contribution >= 0.6 is 11.3 Å². The van der Waals surface area contributed by atoms with E-state index in [-0.39, 0.29) is 18.2 Å². The van der Waals surface area contributed by atoms with Crippen LogP contribution in [0.15, 0.2) is 47.8 Å². The molecule has 0 atom stereocenters. The van der Waals surface area contributed by atoms with Crippen LogP contribution in [0.4, 0.5) is 11.4 Å². The number of thiazole rings is 1. The third-order valence-corrected chi connectivity index (χ3v) is 5.61. The molecular formula is C21H19N3O4S. The first kappa shape index (κ1) is 19.1. The Morgan fingerprint density at radius 3 is 2.76 bits per heavy atom. The zero-order chi connectivity index (χ0) is 20.4. The van der Waals surface area contributed by atoms with E-state index < -0.39 is 4.92 Å². The number of carbonyl (C=O) groups excluding carboxylic acids is 1. The second-order valence-corrected chi connectivity index (χ2v) is 7.69. The molecule has 0 aliphatic carbocycles. The van der Waals surface area contributed by atoms with Crippen LogP contribution in [0.5, 0.6) is 5.75 Å². The largest absolute Gasteiger partial charge is 0.482 e. The molecule has 2 aromatic carbocycles. The van der Waals surface area contributed by atoms with Crippen LogP contribution in [0.1, 0.15) is 23.9 Å². The zero-order valence-corrected chi connectivity index (χ0v) is 16.6. The van der Waals surface area contributed by atoms with Gasteiger partial charge in [0.05, 0.1) is 27.9 Å². The molecular weight excluding hydrogens is 390 g/mol. The third kappa shape index (κ3) is 3.97. The highest BCUT2D eigenvalue weighted by Gasteiger charge is 2.26. The Morgan fingerprint density at radius 2 is 2.03 bits per heavy atom. The molecule has 29 heavy (non-hydrogen) atoms. The minimum atomic E-state index is -0.439. The molecule has 3 aromatic rings. The molecule has 0 saturated heterocycles. The van der Waals surface area contributed by atoms with E-state index in [1.165, 1.54) is 12.1 Å². The van der Waals surface area contributed by atoms with Crippen molar-refractivity contribution in [2.45, 2.75) is 26.3 Å². The van der Waals surface area contributed by atoms with Crippen LogP contribution in [0.25, 0.3) is 11.3 Å². The second-order valence-electron chi connectivity index (χ2n) is 6.75. The summed E-state index contributed by atoms with van der Waals surface area (Å²) in [6, 6.07) is 12.0. The van der Waals surface area contributed by atoms with E-state index in [4.69, 9.17) is 4.74 Å². The van der Waals surface area contributed by atoms with Gasteiger partial charge in [-0.3, -0.25) is 14.9 Å². The summed E-state index contributed by atoms with van der Waals surface area (Å²) in [5.41, 5.74) is 3.32. The standard InChI is InChI=1S/C21H19N3O4S/c1-2-3-20-22-17(13-29-20)15-6-9-19-18(10-15)23(21(25)12-28-19)11-14-4-7-16(8-5-14)24(26)27/h4-10,13H,2-3,11-12H2,1H3. The molecule has 4 rings (SSSR count). The third-order valence-electron chi connectivity index (χ3n) is 4.70. The van der Waals surface area contributed by atoms with Gasteiger partial charge in [0.2, 0.25) is 0 Å². The highest BCUT2D eigenvalue weighted by atomic mass is 32.1. The van der Waals surface area contributed by atoms with Gasteiger partial charge in [0.1, 0.15) is 5.75 Å². The summed E-state index contributed by atoms with van der Waals surface area (Å²) in [5, 5.41) is 14.0. The lowest BCUT2D eigenvalue weighted by Gasteiger charge is -2.29. The first-order chi connectivity index (χ1) is 14.0. The topological polar surface area (TPSA) is 85.6 Å². The lowest BCUT2D eigenvalue weighted by Crippen LogP contribution is -2.38. The molecule has 1 amide bonds. The predicted octanol–water partition coefficient (Wildman–Crippen LogP) is 4.60. The molecule has 2 heterocycles. The number of hydrogen-bond donors (Lipinski definition) is 0. The van der Waals surface area contributed by atoms with Crippen LogP contribution in [0, 0.1) is 10.1 Å². The number of ether oxygens (including phenoxy) is 1.